The van der Waals surface area contributed by atoms with Crippen LogP contribution < -0.4 is 4.74 Å². The summed E-state index contributed by atoms with van der Waals surface area (Å²) in [4.78, 5) is 24.1. The average molecular weight is 424 g/mol. The number of hydrogen-bond acceptors (Lipinski definition) is 6. The van der Waals surface area contributed by atoms with E-state index in [2.05, 4.69) is 0 Å². The number of hydrogen-bond donors (Lipinski definition) is 1. The zero-order chi connectivity index (χ0) is 22.0. The van der Waals surface area contributed by atoms with Crippen molar-refractivity contribution in [2.24, 2.45) is 5.92 Å². The lowest BCUT2D eigenvalue weighted by atomic mass is 9.87. The van der Waals surface area contributed by atoms with Crippen molar-refractivity contribution in [3.63, 3.8) is 0 Å². The number of aliphatic hydroxyl groups excluding tert-OH is 1. The SMILES string of the molecule is COC(=O)CCCc1cccc2c1O[C@@H]1CC(OC(=O)c3ccccc3C)C(CO)[C@H]21. The second-order valence-corrected chi connectivity index (χ2v) is 8.29. The molecule has 1 fully saturated rings. The second kappa shape index (κ2) is 9.10. The van der Waals surface area contributed by atoms with Gasteiger partial charge in [-0.3, -0.25) is 4.79 Å². The summed E-state index contributed by atoms with van der Waals surface area (Å²) in [6, 6.07) is 13.4. The summed E-state index contributed by atoms with van der Waals surface area (Å²) in [7, 11) is 1.39. The molecule has 1 saturated carbocycles. The van der Waals surface area contributed by atoms with Gasteiger partial charge in [0.25, 0.3) is 0 Å². The van der Waals surface area contributed by atoms with Crippen molar-refractivity contribution in [3.8, 4) is 5.75 Å². The first-order valence-electron chi connectivity index (χ1n) is 10.8. The molecular weight excluding hydrogens is 396 g/mol. The Labute approximate surface area is 182 Å². The molecule has 1 N–H and O–H groups in total. The van der Waals surface area contributed by atoms with Crippen LogP contribution in [0.4, 0.5) is 0 Å². The second-order valence-electron chi connectivity index (χ2n) is 8.29. The van der Waals surface area contributed by atoms with Crippen molar-refractivity contribution in [2.45, 2.75) is 50.7 Å². The van der Waals surface area contributed by atoms with Gasteiger partial charge in [0, 0.05) is 30.2 Å². The molecule has 4 atom stereocenters. The van der Waals surface area contributed by atoms with Gasteiger partial charge < -0.3 is 19.3 Å². The third-order valence-electron chi connectivity index (χ3n) is 6.45. The van der Waals surface area contributed by atoms with Gasteiger partial charge in [0.05, 0.1) is 19.3 Å². The van der Waals surface area contributed by atoms with Gasteiger partial charge in [0.15, 0.2) is 0 Å². The highest BCUT2D eigenvalue weighted by Crippen LogP contribution is 2.52. The van der Waals surface area contributed by atoms with Crippen LogP contribution in [0.5, 0.6) is 5.75 Å². The molecule has 2 unspecified atom stereocenters. The molecule has 1 aliphatic carbocycles. The molecule has 6 heteroatoms. The highest BCUT2D eigenvalue weighted by molar-refractivity contribution is 5.91. The summed E-state index contributed by atoms with van der Waals surface area (Å²) in [5, 5.41) is 10.1. The molecular formula is C25H28O6. The Morgan fingerprint density at radius 3 is 2.71 bits per heavy atom. The van der Waals surface area contributed by atoms with Crippen molar-refractivity contribution in [3.05, 3.63) is 64.7 Å². The molecule has 0 spiro atoms. The van der Waals surface area contributed by atoms with Crippen LogP contribution >= 0.6 is 0 Å². The van der Waals surface area contributed by atoms with Crippen molar-refractivity contribution in [2.75, 3.05) is 13.7 Å². The number of methoxy groups -OCH3 is 1. The zero-order valence-electron chi connectivity index (χ0n) is 17.9. The smallest absolute Gasteiger partial charge is 0.338 e. The topological polar surface area (TPSA) is 82.1 Å². The van der Waals surface area contributed by atoms with Crippen LogP contribution in [-0.4, -0.2) is 43.0 Å². The minimum absolute atomic E-state index is 0.0183. The number of aliphatic hydroxyl groups is 1. The van der Waals surface area contributed by atoms with Gasteiger partial charge in [0.1, 0.15) is 18.0 Å². The molecule has 4 rings (SSSR count). The van der Waals surface area contributed by atoms with Gasteiger partial charge in [-0.1, -0.05) is 36.4 Å². The number of benzene rings is 2. The van der Waals surface area contributed by atoms with Crippen LogP contribution in [0.15, 0.2) is 42.5 Å². The Balaban J connectivity index is 1.49. The van der Waals surface area contributed by atoms with E-state index in [0.717, 1.165) is 22.4 Å². The van der Waals surface area contributed by atoms with Gasteiger partial charge >= 0.3 is 11.9 Å². The zero-order valence-corrected chi connectivity index (χ0v) is 17.9. The van der Waals surface area contributed by atoms with Gasteiger partial charge in [-0.2, -0.15) is 0 Å². The fourth-order valence-electron chi connectivity index (χ4n) is 4.86. The number of ether oxygens (including phenoxy) is 3. The van der Waals surface area contributed by atoms with E-state index in [9.17, 15) is 14.7 Å². The molecule has 2 aromatic rings. The summed E-state index contributed by atoms with van der Waals surface area (Å²) in [5.41, 5.74) is 3.52. The molecule has 2 aliphatic rings. The number of carbonyl (C=O) groups excluding carboxylic acids is 2. The van der Waals surface area contributed by atoms with Gasteiger partial charge in [0.2, 0.25) is 0 Å². The number of aryl methyl sites for hydroxylation is 2. The lowest BCUT2D eigenvalue weighted by molar-refractivity contribution is -0.140. The molecule has 0 saturated heterocycles. The quantitative estimate of drug-likeness (QED) is 0.685. The van der Waals surface area contributed by atoms with Crippen molar-refractivity contribution in [1.29, 1.82) is 0 Å². The largest absolute Gasteiger partial charge is 0.489 e. The van der Waals surface area contributed by atoms with E-state index < -0.39 is 6.10 Å². The number of fused-ring (bicyclic) bond motifs is 3. The third kappa shape index (κ3) is 4.17. The van der Waals surface area contributed by atoms with E-state index in [0.29, 0.717) is 31.2 Å². The summed E-state index contributed by atoms with van der Waals surface area (Å²) >= 11 is 0. The van der Waals surface area contributed by atoms with E-state index in [1.54, 1.807) is 6.07 Å². The average Bonchev–Trinajstić information content (AvgIpc) is 3.29. The van der Waals surface area contributed by atoms with Crippen LogP contribution in [-0.2, 0) is 20.7 Å². The molecule has 31 heavy (non-hydrogen) atoms. The Kier molecular flexibility index (Phi) is 6.28. The first-order chi connectivity index (χ1) is 15.0. The van der Waals surface area contributed by atoms with E-state index in [1.807, 2.05) is 43.3 Å². The number of para-hydroxylation sites is 1. The molecule has 0 radical (unpaired) electrons. The van der Waals surface area contributed by atoms with Gasteiger partial charge in [-0.05, 0) is 37.0 Å². The maximum absolute atomic E-state index is 12.7. The van der Waals surface area contributed by atoms with E-state index >= 15 is 0 Å². The maximum Gasteiger partial charge on any atom is 0.338 e. The normalized spacial score (nSPS) is 23.6. The molecule has 0 amide bonds. The highest BCUT2D eigenvalue weighted by Gasteiger charge is 2.51. The van der Waals surface area contributed by atoms with Crippen LogP contribution in [0.1, 0.15) is 52.2 Å². The summed E-state index contributed by atoms with van der Waals surface area (Å²) in [6.07, 6.45) is 1.77. The molecule has 1 heterocycles. The predicted molar refractivity (Wildman–Crippen MR) is 114 cm³/mol. The Bertz CT molecular complexity index is 968. The minimum Gasteiger partial charge on any atom is -0.489 e. The highest BCUT2D eigenvalue weighted by atomic mass is 16.6. The first kappa shape index (κ1) is 21.4. The molecule has 6 nitrogen and oxygen atoms in total. The number of esters is 2. The van der Waals surface area contributed by atoms with Crippen molar-refractivity contribution < 1.29 is 28.9 Å². The standard InChI is InChI=1S/C25H28O6/c1-15-7-3-4-10-17(15)25(28)31-20-13-21-23(19(20)14-26)18-11-5-8-16(24(18)30-21)9-6-12-22(27)29-2/h3-5,7-8,10-11,19-21,23,26H,6,9,12-14H2,1-2H3/t19?,20?,21-,23+/m1/s1. The molecule has 0 aromatic heterocycles. The maximum atomic E-state index is 12.7. The Hall–Kier alpha value is -2.86. The molecule has 0 bridgehead atoms. The lowest BCUT2D eigenvalue weighted by Crippen LogP contribution is -2.27. The van der Waals surface area contributed by atoms with Gasteiger partial charge in [-0.25, -0.2) is 4.79 Å². The Morgan fingerprint density at radius 1 is 1.16 bits per heavy atom. The van der Waals surface area contributed by atoms with E-state index in [1.165, 1.54) is 7.11 Å². The fraction of sp³-hybridized carbons (Fsp3) is 0.440. The first-order valence-corrected chi connectivity index (χ1v) is 10.8. The number of carbonyl (C=O) groups is 2. The third-order valence-corrected chi connectivity index (χ3v) is 6.45. The van der Waals surface area contributed by atoms with Gasteiger partial charge in [-0.15, -0.1) is 0 Å². The molecule has 2 aromatic carbocycles. The Morgan fingerprint density at radius 2 is 1.97 bits per heavy atom. The number of rotatable bonds is 7. The van der Waals surface area contributed by atoms with Crippen molar-refractivity contribution >= 4 is 11.9 Å². The minimum atomic E-state index is -0.400. The van der Waals surface area contributed by atoms with Crippen LogP contribution in [0.2, 0.25) is 0 Å². The molecule has 164 valence electrons. The monoisotopic (exact) mass is 424 g/mol. The van der Waals surface area contributed by atoms with E-state index in [4.69, 9.17) is 14.2 Å². The summed E-state index contributed by atoms with van der Waals surface area (Å²) < 4.78 is 16.9. The van der Waals surface area contributed by atoms with Crippen LogP contribution in [0.25, 0.3) is 0 Å². The summed E-state index contributed by atoms with van der Waals surface area (Å²) in [5.74, 6) is 0.0339. The predicted octanol–water partition coefficient (Wildman–Crippen LogP) is 3.57. The lowest BCUT2D eigenvalue weighted by Gasteiger charge is -2.22. The molecule has 1 aliphatic heterocycles. The van der Waals surface area contributed by atoms with E-state index in [-0.39, 0.29) is 36.5 Å². The fourth-order valence-corrected chi connectivity index (χ4v) is 4.86. The summed E-state index contributed by atoms with van der Waals surface area (Å²) in [6.45, 7) is 1.80. The van der Waals surface area contributed by atoms with Crippen LogP contribution in [0, 0.1) is 12.8 Å². The van der Waals surface area contributed by atoms with Crippen molar-refractivity contribution in [1.82, 2.24) is 0 Å². The van der Waals surface area contributed by atoms with Crippen LogP contribution in [0.3, 0.4) is 0 Å².